The van der Waals surface area contributed by atoms with E-state index in [2.05, 4.69) is 5.32 Å². The van der Waals surface area contributed by atoms with Gasteiger partial charge in [-0.05, 0) is 24.2 Å². The van der Waals surface area contributed by atoms with Gasteiger partial charge in [0.25, 0.3) is 6.43 Å². The molecule has 1 aromatic rings. The van der Waals surface area contributed by atoms with E-state index in [1.807, 2.05) is 6.92 Å². The van der Waals surface area contributed by atoms with Crippen LogP contribution in [0.4, 0.5) is 18.9 Å². The summed E-state index contributed by atoms with van der Waals surface area (Å²) in [5.41, 5.74) is 1.00. The molecule has 0 saturated heterocycles. The van der Waals surface area contributed by atoms with Crippen LogP contribution in [0.3, 0.4) is 0 Å². The number of anilines is 1. The quantitative estimate of drug-likeness (QED) is 0.830. The summed E-state index contributed by atoms with van der Waals surface area (Å²) in [6.07, 6.45) is -2.47. The monoisotopic (exact) mass is 246 g/mol. The molecule has 0 aliphatic heterocycles. The third-order valence-corrected chi connectivity index (χ3v) is 2.41. The molecule has 5 heteroatoms. The van der Waals surface area contributed by atoms with Crippen LogP contribution in [0.25, 0.3) is 0 Å². The van der Waals surface area contributed by atoms with E-state index in [9.17, 15) is 13.2 Å². The smallest absolute Gasteiger partial charge is 0.255 e. The van der Waals surface area contributed by atoms with Crippen LogP contribution in [0.5, 0.6) is 0 Å². The molecule has 0 aromatic heterocycles. The van der Waals surface area contributed by atoms with Crippen LogP contribution < -0.4 is 10.2 Å². The summed E-state index contributed by atoms with van der Waals surface area (Å²) in [4.78, 5) is 1.22. The molecule has 0 aliphatic rings. The molecule has 17 heavy (non-hydrogen) atoms. The highest BCUT2D eigenvalue weighted by molar-refractivity contribution is 5.48. The maximum absolute atomic E-state index is 13.7. The molecule has 1 aromatic carbocycles. The number of alkyl halides is 2. The molecule has 0 saturated carbocycles. The maximum atomic E-state index is 13.7. The van der Waals surface area contributed by atoms with Crippen LogP contribution >= 0.6 is 0 Å². The van der Waals surface area contributed by atoms with Gasteiger partial charge in [0.2, 0.25) is 0 Å². The Hall–Kier alpha value is -1.23. The molecule has 0 amide bonds. The van der Waals surface area contributed by atoms with Crippen molar-refractivity contribution >= 4 is 5.69 Å². The van der Waals surface area contributed by atoms with Crippen LogP contribution in [-0.2, 0) is 6.54 Å². The van der Waals surface area contributed by atoms with Gasteiger partial charge in [-0.1, -0.05) is 13.0 Å². The molecule has 0 unspecified atom stereocenters. The van der Waals surface area contributed by atoms with Crippen molar-refractivity contribution in [2.24, 2.45) is 0 Å². The lowest BCUT2D eigenvalue weighted by molar-refractivity contribution is 0.156. The SMILES string of the molecule is CCNCc1ccc(N(C)CC(F)F)c(F)c1. The number of rotatable bonds is 6. The van der Waals surface area contributed by atoms with Crippen molar-refractivity contribution in [1.82, 2.24) is 5.32 Å². The lowest BCUT2D eigenvalue weighted by Gasteiger charge is -2.19. The van der Waals surface area contributed by atoms with Crippen LogP contribution in [0.15, 0.2) is 18.2 Å². The predicted octanol–water partition coefficient (Wildman–Crippen LogP) is 2.64. The molecule has 1 N–H and O–H groups in total. The number of nitrogens with zero attached hydrogens (tertiary/aromatic N) is 1. The van der Waals surface area contributed by atoms with E-state index in [0.29, 0.717) is 6.54 Å². The van der Waals surface area contributed by atoms with Gasteiger partial charge in [-0.3, -0.25) is 0 Å². The summed E-state index contributed by atoms with van der Waals surface area (Å²) >= 11 is 0. The zero-order valence-corrected chi connectivity index (χ0v) is 10.0. The Labute approximate surface area is 99.4 Å². The summed E-state index contributed by atoms with van der Waals surface area (Å²) in [5, 5.41) is 3.07. The van der Waals surface area contributed by atoms with E-state index in [0.717, 1.165) is 12.1 Å². The Balaban J connectivity index is 2.74. The van der Waals surface area contributed by atoms with E-state index < -0.39 is 18.8 Å². The highest BCUT2D eigenvalue weighted by Gasteiger charge is 2.12. The third kappa shape index (κ3) is 4.26. The van der Waals surface area contributed by atoms with Crippen LogP contribution in [-0.4, -0.2) is 26.6 Å². The van der Waals surface area contributed by atoms with E-state index >= 15 is 0 Å². The number of hydrogen-bond donors (Lipinski definition) is 1. The Bertz CT molecular complexity index is 356. The van der Waals surface area contributed by atoms with Gasteiger partial charge >= 0.3 is 0 Å². The Kier molecular flexibility index (Phi) is 5.28. The summed E-state index contributed by atoms with van der Waals surface area (Å²) in [6.45, 7) is 2.87. The largest absolute Gasteiger partial charge is 0.367 e. The van der Waals surface area contributed by atoms with Gasteiger partial charge in [-0.25, -0.2) is 13.2 Å². The van der Waals surface area contributed by atoms with E-state index in [1.165, 1.54) is 24.1 Å². The number of hydrogen-bond acceptors (Lipinski definition) is 2. The molecular weight excluding hydrogens is 229 g/mol. The second-order valence-corrected chi connectivity index (χ2v) is 3.84. The van der Waals surface area contributed by atoms with Gasteiger partial charge in [0, 0.05) is 13.6 Å². The van der Waals surface area contributed by atoms with Crippen LogP contribution in [0.2, 0.25) is 0 Å². The lowest BCUT2D eigenvalue weighted by Crippen LogP contribution is -2.25. The van der Waals surface area contributed by atoms with Crippen molar-refractivity contribution in [3.8, 4) is 0 Å². The Morgan fingerprint density at radius 2 is 2.06 bits per heavy atom. The number of benzene rings is 1. The van der Waals surface area contributed by atoms with Gasteiger partial charge in [-0.2, -0.15) is 0 Å². The lowest BCUT2D eigenvalue weighted by atomic mass is 10.2. The average Bonchev–Trinajstić information content (AvgIpc) is 2.25. The van der Waals surface area contributed by atoms with E-state index in [1.54, 1.807) is 6.07 Å². The molecule has 0 fully saturated rings. The fourth-order valence-electron chi connectivity index (χ4n) is 1.54. The third-order valence-electron chi connectivity index (χ3n) is 2.41. The zero-order valence-electron chi connectivity index (χ0n) is 10.0. The van der Waals surface area contributed by atoms with Crippen molar-refractivity contribution in [2.45, 2.75) is 19.9 Å². The fraction of sp³-hybridized carbons (Fsp3) is 0.500. The number of halogens is 3. The van der Waals surface area contributed by atoms with E-state index in [4.69, 9.17) is 0 Å². The minimum atomic E-state index is -2.47. The molecule has 0 spiro atoms. The summed E-state index contributed by atoms with van der Waals surface area (Å²) in [5.74, 6) is -0.469. The van der Waals surface area contributed by atoms with E-state index in [-0.39, 0.29) is 5.69 Å². The van der Waals surface area contributed by atoms with Crippen molar-refractivity contribution in [1.29, 1.82) is 0 Å². The molecule has 0 bridgehead atoms. The first kappa shape index (κ1) is 13.8. The minimum Gasteiger partial charge on any atom is -0.367 e. The molecule has 0 heterocycles. The Morgan fingerprint density at radius 3 is 2.59 bits per heavy atom. The van der Waals surface area contributed by atoms with Gasteiger partial charge < -0.3 is 10.2 Å². The van der Waals surface area contributed by atoms with Crippen molar-refractivity contribution < 1.29 is 13.2 Å². The number of nitrogens with one attached hydrogen (secondary N) is 1. The molecule has 96 valence electrons. The first-order valence-electron chi connectivity index (χ1n) is 5.53. The second kappa shape index (κ2) is 6.49. The van der Waals surface area contributed by atoms with Gasteiger partial charge in [0.15, 0.2) is 0 Å². The van der Waals surface area contributed by atoms with Crippen molar-refractivity contribution in [2.75, 3.05) is 25.0 Å². The highest BCUT2D eigenvalue weighted by atomic mass is 19.3. The van der Waals surface area contributed by atoms with Gasteiger partial charge in [0.1, 0.15) is 5.82 Å². The first-order valence-corrected chi connectivity index (χ1v) is 5.53. The molecule has 0 radical (unpaired) electrons. The minimum absolute atomic E-state index is 0.200. The molecule has 0 aliphatic carbocycles. The molecular formula is C12H17F3N2. The topological polar surface area (TPSA) is 15.3 Å². The summed E-state index contributed by atoms with van der Waals surface area (Å²) in [7, 11) is 1.45. The zero-order chi connectivity index (χ0) is 12.8. The van der Waals surface area contributed by atoms with Gasteiger partial charge in [-0.15, -0.1) is 0 Å². The summed E-state index contributed by atoms with van der Waals surface area (Å²) in [6, 6.07) is 4.65. The fourth-order valence-corrected chi connectivity index (χ4v) is 1.54. The molecule has 0 atom stereocenters. The standard InChI is InChI=1S/C12H17F3N2/c1-3-16-7-9-4-5-11(10(13)6-9)17(2)8-12(14)15/h4-6,12,16H,3,7-8H2,1-2H3. The normalized spacial score (nSPS) is 10.9. The van der Waals surface area contributed by atoms with Crippen molar-refractivity contribution in [3.63, 3.8) is 0 Å². The molecule has 1 rings (SSSR count). The maximum Gasteiger partial charge on any atom is 0.255 e. The predicted molar refractivity (Wildman–Crippen MR) is 63.1 cm³/mol. The molecule has 2 nitrogen and oxygen atoms in total. The average molecular weight is 246 g/mol. The van der Waals surface area contributed by atoms with Crippen molar-refractivity contribution in [3.05, 3.63) is 29.6 Å². The summed E-state index contributed by atoms with van der Waals surface area (Å²) < 4.78 is 38.0. The second-order valence-electron chi connectivity index (χ2n) is 3.84. The van der Waals surface area contributed by atoms with Crippen LogP contribution in [0.1, 0.15) is 12.5 Å². The van der Waals surface area contributed by atoms with Gasteiger partial charge in [0.05, 0.1) is 12.2 Å². The highest BCUT2D eigenvalue weighted by Crippen LogP contribution is 2.20. The Morgan fingerprint density at radius 1 is 1.35 bits per heavy atom. The first-order chi connectivity index (χ1) is 8.04. The van der Waals surface area contributed by atoms with Crippen LogP contribution in [0, 0.1) is 5.82 Å².